The summed E-state index contributed by atoms with van der Waals surface area (Å²) in [5.41, 5.74) is 2.84. The normalized spacial score (nSPS) is 17.1. The Morgan fingerprint density at radius 3 is 2.11 bits per heavy atom. The molecular formula is C31H32O6S. The number of hydrogen-bond acceptors (Lipinski definition) is 6. The van der Waals surface area contributed by atoms with E-state index in [2.05, 4.69) is 0 Å². The Morgan fingerprint density at radius 2 is 1.47 bits per heavy atom. The molecule has 5 rings (SSSR count). The molecule has 38 heavy (non-hydrogen) atoms. The molecule has 0 aromatic heterocycles. The molecule has 0 amide bonds. The zero-order chi connectivity index (χ0) is 26.6. The Balaban J connectivity index is 1.15. The molecule has 2 fully saturated rings. The second kappa shape index (κ2) is 11.2. The number of carbonyl (C=O) groups is 2. The highest BCUT2D eigenvalue weighted by Gasteiger charge is 2.55. The van der Waals surface area contributed by atoms with Gasteiger partial charge in [0.05, 0.1) is 11.5 Å². The molecule has 0 bridgehead atoms. The first-order valence-electron chi connectivity index (χ1n) is 13.2. The summed E-state index contributed by atoms with van der Waals surface area (Å²) in [4.78, 5) is 25.8. The van der Waals surface area contributed by atoms with Crippen LogP contribution in [0.3, 0.4) is 0 Å². The van der Waals surface area contributed by atoms with Crippen LogP contribution in [0.4, 0.5) is 0 Å². The minimum Gasteiger partial charge on any atom is -0.494 e. The van der Waals surface area contributed by atoms with Gasteiger partial charge in [-0.2, -0.15) is 0 Å². The van der Waals surface area contributed by atoms with Crippen molar-refractivity contribution in [2.75, 3.05) is 19.8 Å². The first-order chi connectivity index (χ1) is 18.4. The van der Waals surface area contributed by atoms with Gasteiger partial charge in [0, 0.05) is 31.1 Å². The van der Waals surface area contributed by atoms with Crippen LogP contribution in [-0.2, 0) is 19.4 Å². The first kappa shape index (κ1) is 26.3. The van der Waals surface area contributed by atoms with Crippen LogP contribution in [0, 0.1) is 5.92 Å². The smallest absolute Gasteiger partial charge is 0.191 e. The molecule has 0 N–H and O–H groups in total. The quantitative estimate of drug-likeness (QED) is 0.233. The highest BCUT2D eigenvalue weighted by molar-refractivity contribution is 7.93. The van der Waals surface area contributed by atoms with Crippen molar-refractivity contribution >= 4 is 21.4 Å². The lowest BCUT2D eigenvalue weighted by molar-refractivity contribution is -0.125. The fourth-order valence-corrected chi connectivity index (χ4v) is 7.13. The highest BCUT2D eigenvalue weighted by Crippen LogP contribution is 2.43. The van der Waals surface area contributed by atoms with Crippen LogP contribution in [0.5, 0.6) is 5.75 Å². The van der Waals surface area contributed by atoms with Crippen molar-refractivity contribution < 1.29 is 27.5 Å². The van der Waals surface area contributed by atoms with Crippen LogP contribution < -0.4 is 4.74 Å². The topological polar surface area (TPSA) is 86.7 Å². The van der Waals surface area contributed by atoms with Gasteiger partial charge in [-0.3, -0.25) is 9.59 Å². The van der Waals surface area contributed by atoms with E-state index < -0.39 is 14.6 Å². The maximum Gasteiger partial charge on any atom is 0.191 e. The summed E-state index contributed by atoms with van der Waals surface area (Å²) in [5, 5.41) is 0. The minimum atomic E-state index is -3.86. The van der Waals surface area contributed by atoms with Crippen molar-refractivity contribution in [1.29, 1.82) is 0 Å². The van der Waals surface area contributed by atoms with E-state index in [0.29, 0.717) is 30.8 Å². The van der Waals surface area contributed by atoms with Gasteiger partial charge in [-0.1, -0.05) is 54.6 Å². The molecule has 1 heterocycles. The lowest BCUT2D eigenvalue weighted by Crippen LogP contribution is -2.51. The van der Waals surface area contributed by atoms with Crippen molar-refractivity contribution in [1.82, 2.24) is 0 Å². The van der Waals surface area contributed by atoms with Crippen LogP contribution in [-0.4, -0.2) is 44.6 Å². The predicted molar refractivity (Wildman–Crippen MR) is 145 cm³/mol. The van der Waals surface area contributed by atoms with Crippen LogP contribution in [0.15, 0.2) is 83.8 Å². The second-order valence-corrected chi connectivity index (χ2v) is 12.3. The number of sulfone groups is 1. The Bertz CT molecular complexity index is 1370. The molecule has 3 aromatic rings. The summed E-state index contributed by atoms with van der Waals surface area (Å²) < 4.78 is 37.0. The van der Waals surface area contributed by atoms with Gasteiger partial charge in [-0.25, -0.2) is 8.42 Å². The summed E-state index contributed by atoms with van der Waals surface area (Å²) >= 11 is 0. The molecule has 2 aliphatic rings. The minimum absolute atomic E-state index is 0.0525. The summed E-state index contributed by atoms with van der Waals surface area (Å²) in [6.45, 7) is 0.880. The van der Waals surface area contributed by atoms with E-state index in [0.717, 1.165) is 24.0 Å². The van der Waals surface area contributed by atoms with Crippen LogP contribution >= 0.6 is 0 Å². The van der Waals surface area contributed by atoms with Gasteiger partial charge >= 0.3 is 0 Å². The third kappa shape index (κ3) is 5.45. The summed E-state index contributed by atoms with van der Waals surface area (Å²) in [6, 6.07) is 23.9. The Labute approximate surface area is 223 Å². The number of ketones is 2. The zero-order valence-electron chi connectivity index (χ0n) is 21.3. The van der Waals surface area contributed by atoms with Gasteiger partial charge in [0.15, 0.2) is 21.4 Å². The molecule has 198 valence electrons. The van der Waals surface area contributed by atoms with E-state index >= 15 is 0 Å². The number of Topliss-reactive ketones (excluding diaryl/α,β-unsaturated/α-hetero) is 2. The van der Waals surface area contributed by atoms with Crippen molar-refractivity contribution in [3.05, 3.63) is 84.4 Å². The molecule has 1 saturated carbocycles. The predicted octanol–water partition coefficient (Wildman–Crippen LogP) is 5.70. The average molecular weight is 533 g/mol. The maximum absolute atomic E-state index is 13.6. The summed E-state index contributed by atoms with van der Waals surface area (Å²) in [6.07, 6.45) is 2.83. The number of ether oxygens (including phenoxy) is 2. The van der Waals surface area contributed by atoms with E-state index in [9.17, 15) is 18.0 Å². The lowest BCUT2D eigenvalue weighted by atomic mass is 9.91. The van der Waals surface area contributed by atoms with E-state index in [1.54, 1.807) is 12.1 Å². The lowest BCUT2D eigenvalue weighted by Gasteiger charge is -2.35. The Morgan fingerprint density at radius 1 is 0.842 bits per heavy atom. The van der Waals surface area contributed by atoms with Crippen molar-refractivity contribution in [3.63, 3.8) is 0 Å². The second-order valence-electron chi connectivity index (χ2n) is 10.0. The summed E-state index contributed by atoms with van der Waals surface area (Å²) in [5.74, 6) is 0.283. The highest BCUT2D eigenvalue weighted by atomic mass is 32.2. The fourth-order valence-electron chi connectivity index (χ4n) is 5.05. The molecule has 1 saturated heterocycles. The molecule has 0 atom stereocenters. The van der Waals surface area contributed by atoms with E-state index in [1.165, 1.54) is 12.1 Å². The molecular weight excluding hydrogens is 500 g/mol. The molecule has 0 radical (unpaired) electrons. The van der Waals surface area contributed by atoms with Crippen LogP contribution in [0.25, 0.3) is 11.1 Å². The zero-order valence-corrected chi connectivity index (χ0v) is 22.1. The summed E-state index contributed by atoms with van der Waals surface area (Å²) in [7, 11) is -3.86. The van der Waals surface area contributed by atoms with Gasteiger partial charge in [0.1, 0.15) is 10.5 Å². The molecule has 3 aromatic carbocycles. The van der Waals surface area contributed by atoms with Crippen LogP contribution in [0.1, 0.15) is 48.9 Å². The third-order valence-electron chi connectivity index (χ3n) is 7.48. The van der Waals surface area contributed by atoms with Crippen molar-refractivity contribution in [3.8, 4) is 16.9 Å². The van der Waals surface area contributed by atoms with Crippen molar-refractivity contribution in [2.24, 2.45) is 5.92 Å². The van der Waals surface area contributed by atoms with Gasteiger partial charge in [-0.15, -0.1) is 0 Å². The largest absolute Gasteiger partial charge is 0.494 e. The molecule has 1 aliphatic heterocycles. The third-order valence-corrected chi connectivity index (χ3v) is 10.0. The SMILES string of the molecule is O=C(CCCOc1ccc(S(=O)(=O)C2(C(=O)C3CC3)CCOCC2)cc1)c1ccc(-c2ccccc2)cc1. The van der Waals surface area contributed by atoms with Crippen LogP contribution in [0.2, 0.25) is 0 Å². The number of hydrogen-bond donors (Lipinski definition) is 0. The van der Waals surface area contributed by atoms with E-state index in [-0.39, 0.29) is 48.4 Å². The fraction of sp³-hybridized carbons (Fsp3) is 0.355. The number of rotatable bonds is 11. The average Bonchev–Trinajstić information content (AvgIpc) is 3.82. The molecule has 0 spiro atoms. The monoisotopic (exact) mass is 532 g/mol. The van der Waals surface area contributed by atoms with E-state index in [1.807, 2.05) is 54.6 Å². The number of carbonyl (C=O) groups excluding carboxylic acids is 2. The Kier molecular flexibility index (Phi) is 7.77. The van der Waals surface area contributed by atoms with Crippen molar-refractivity contribution in [2.45, 2.75) is 48.2 Å². The standard InChI is InChI=1S/C31H32O6S/c32-29(25-10-8-24(9-11-25)23-5-2-1-3-6-23)7-4-20-37-27-14-16-28(17-15-27)38(34,35)31(18-21-36-22-19-31)30(33)26-12-13-26/h1-3,5-6,8-11,14-17,26H,4,7,12-13,18-22H2. The van der Waals surface area contributed by atoms with Gasteiger partial charge in [0.25, 0.3) is 0 Å². The Hall–Kier alpha value is -3.29. The molecule has 1 aliphatic carbocycles. The van der Waals surface area contributed by atoms with Gasteiger partial charge in [-0.05, 0) is 67.5 Å². The molecule has 7 heteroatoms. The maximum atomic E-state index is 13.6. The number of benzene rings is 3. The van der Waals surface area contributed by atoms with Gasteiger partial charge in [0.2, 0.25) is 0 Å². The van der Waals surface area contributed by atoms with Gasteiger partial charge < -0.3 is 9.47 Å². The first-order valence-corrected chi connectivity index (χ1v) is 14.7. The molecule has 6 nitrogen and oxygen atoms in total. The van der Waals surface area contributed by atoms with E-state index in [4.69, 9.17) is 9.47 Å². The molecule has 0 unspecified atom stereocenters.